The Labute approximate surface area is 153 Å². The lowest BCUT2D eigenvalue weighted by Crippen LogP contribution is -2.14. The highest BCUT2D eigenvalue weighted by atomic mass is 32.2. The van der Waals surface area contributed by atoms with Crippen LogP contribution in [-0.2, 0) is 4.79 Å². The van der Waals surface area contributed by atoms with Crippen LogP contribution in [0.25, 0.3) is 11.4 Å². The Hall–Kier alpha value is -3.00. The van der Waals surface area contributed by atoms with E-state index in [0.29, 0.717) is 22.3 Å². The van der Waals surface area contributed by atoms with Crippen molar-refractivity contribution in [3.63, 3.8) is 0 Å². The minimum atomic E-state index is -0.366. The van der Waals surface area contributed by atoms with Gasteiger partial charge in [-0.15, -0.1) is 10.2 Å². The highest BCUT2D eigenvalue weighted by molar-refractivity contribution is 7.99. The summed E-state index contributed by atoms with van der Waals surface area (Å²) >= 11 is 1.49. The molecule has 0 saturated heterocycles. The zero-order valence-electron chi connectivity index (χ0n) is 13.8. The lowest BCUT2D eigenvalue weighted by molar-refractivity contribution is -0.114. The van der Waals surface area contributed by atoms with Gasteiger partial charge in [-0.05, 0) is 29.8 Å². The van der Waals surface area contributed by atoms with Crippen LogP contribution in [0.4, 0.5) is 10.1 Å². The van der Waals surface area contributed by atoms with Gasteiger partial charge in [0.2, 0.25) is 11.1 Å². The number of anilines is 1. The van der Waals surface area contributed by atoms with Crippen molar-refractivity contribution in [1.82, 2.24) is 14.9 Å². The molecule has 8 heteroatoms. The topological polar surface area (TPSA) is 72.2 Å². The zero-order chi connectivity index (χ0) is 18.1. The molecule has 3 aromatic rings. The molecular weight excluding hydrogens is 353 g/mol. The Bertz CT molecular complexity index is 1010. The van der Waals surface area contributed by atoms with Crippen molar-refractivity contribution in [3.05, 3.63) is 59.9 Å². The fraction of sp³-hybridized carbons (Fsp3) is 0.111. The number of carbonyl (C=O) groups excluding carboxylic acids is 1. The number of rotatable bonds is 3. The molecule has 1 aromatic heterocycles. The third kappa shape index (κ3) is 3.11. The highest BCUT2D eigenvalue weighted by Crippen LogP contribution is 2.29. The number of fused-ring (bicyclic) bond motifs is 1. The molecule has 26 heavy (non-hydrogen) atoms. The molecule has 2 heterocycles. The third-order valence-corrected chi connectivity index (χ3v) is 4.75. The molecule has 1 aliphatic rings. The molecule has 0 bridgehead atoms. The van der Waals surface area contributed by atoms with Crippen LogP contribution < -0.4 is 5.32 Å². The third-order valence-electron chi connectivity index (χ3n) is 3.82. The summed E-state index contributed by atoms with van der Waals surface area (Å²) in [5, 5.41) is 16.2. The number of benzene rings is 2. The Morgan fingerprint density at radius 2 is 1.92 bits per heavy atom. The van der Waals surface area contributed by atoms with Crippen molar-refractivity contribution in [2.75, 3.05) is 11.1 Å². The van der Waals surface area contributed by atoms with Crippen molar-refractivity contribution >= 4 is 29.1 Å². The summed E-state index contributed by atoms with van der Waals surface area (Å²) in [5.74, 6) is 0.522. The van der Waals surface area contributed by atoms with E-state index in [1.54, 1.807) is 22.9 Å². The summed E-state index contributed by atoms with van der Waals surface area (Å²) in [7, 11) is 0. The van der Waals surface area contributed by atoms with Crippen LogP contribution in [0, 0.1) is 5.82 Å². The van der Waals surface area contributed by atoms with Crippen molar-refractivity contribution in [2.24, 2.45) is 5.10 Å². The minimum absolute atomic E-state index is 0.119. The smallest absolute Gasteiger partial charge is 0.221 e. The largest absolute Gasteiger partial charge is 0.326 e. The van der Waals surface area contributed by atoms with Gasteiger partial charge in [-0.2, -0.15) is 9.78 Å². The maximum Gasteiger partial charge on any atom is 0.221 e. The average molecular weight is 367 g/mol. The van der Waals surface area contributed by atoms with Crippen LogP contribution >= 0.6 is 11.8 Å². The number of nitrogens with one attached hydrogen (secondary N) is 1. The number of carbonyl (C=O) groups is 1. The number of hydrogen-bond donors (Lipinski definition) is 1. The first-order chi connectivity index (χ1) is 12.6. The Morgan fingerprint density at radius 1 is 1.15 bits per heavy atom. The molecule has 1 N–H and O–H groups in total. The van der Waals surface area contributed by atoms with E-state index in [4.69, 9.17) is 0 Å². The van der Waals surface area contributed by atoms with Crippen molar-refractivity contribution < 1.29 is 9.18 Å². The van der Waals surface area contributed by atoms with E-state index < -0.39 is 0 Å². The van der Waals surface area contributed by atoms with Crippen molar-refractivity contribution in [3.8, 4) is 11.4 Å². The summed E-state index contributed by atoms with van der Waals surface area (Å²) in [6, 6.07) is 13.9. The van der Waals surface area contributed by atoms with E-state index in [0.717, 1.165) is 17.0 Å². The van der Waals surface area contributed by atoms with E-state index in [9.17, 15) is 9.18 Å². The fourth-order valence-corrected chi connectivity index (χ4v) is 3.47. The Morgan fingerprint density at radius 3 is 2.65 bits per heavy atom. The molecule has 0 atom stereocenters. The number of hydrogen-bond acceptors (Lipinski definition) is 5. The number of halogens is 1. The van der Waals surface area contributed by atoms with Crippen molar-refractivity contribution in [2.45, 2.75) is 12.1 Å². The lowest BCUT2D eigenvalue weighted by Gasteiger charge is -2.14. The van der Waals surface area contributed by atoms with Crippen LogP contribution in [0.5, 0.6) is 0 Å². The first-order valence-corrected chi connectivity index (χ1v) is 8.89. The first-order valence-electron chi connectivity index (χ1n) is 7.91. The summed E-state index contributed by atoms with van der Waals surface area (Å²) in [6.45, 7) is 1.47. The standard InChI is InChI=1S/C18H14FN5OS/c1-11(25)20-13-8-6-12(7-9-13)16-10-26-18-22-21-17(24(18)23-16)14-4-2-3-5-15(14)19/h2-9H,10H2,1H3,(H,20,25). The van der Waals surface area contributed by atoms with Gasteiger partial charge in [0.1, 0.15) is 5.82 Å². The van der Waals surface area contributed by atoms with E-state index in [2.05, 4.69) is 20.6 Å². The summed E-state index contributed by atoms with van der Waals surface area (Å²) in [4.78, 5) is 11.1. The van der Waals surface area contributed by atoms with Gasteiger partial charge in [0.05, 0.1) is 11.3 Å². The molecule has 1 amide bonds. The SMILES string of the molecule is CC(=O)Nc1ccc(C2=Nn3c(nnc3-c3ccccc3F)SC2)cc1. The molecule has 2 aromatic carbocycles. The molecule has 0 saturated carbocycles. The van der Waals surface area contributed by atoms with Crippen LogP contribution in [0.3, 0.4) is 0 Å². The predicted octanol–water partition coefficient (Wildman–Crippen LogP) is 3.40. The number of nitrogens with zero attached hydrogens (tertiary/aromatic N) is 4. The van der Waals surface area contributed by atoms with Gasteiger partial charge in [-0.3, -0.25) is 4.79 Å². The number of amides is 1. The van der Waals surface area contributed by atoms with E-state index >= 15 is 0 Å². The van der Waals surface area contributed by atoms with Crippen LogP contribution in [0.2, 0.25) is 0 Å². The zero-order valence-corrected chi connectivity index (χ0v) is 14.6. The minimum Gasteiger partial charge on any atom is -0.326 e. The maximum absolute atomic E-state index is 14.1. The van der Waals surface area contributed by atoms with Crippen LogP contribution in [0.1, 0.15) is 12.5 Å². The van der Waals surface area contributed by atoms with Gasteiger partial charge in [0.15, 0.2) is 5.82 Å². The van der Waals surface area contributed by atoms with Gasteiger partial charge < -0.3 is 5.32 Å². The Kier molecular flexibility index (Phi) is 4.26. The molecule has 0 fully saturated rings. The summed E-state index contributed by atoms with van der Waals surface area (Å²) < 4.78 is 15.7. The molecule has 0 aliphatic carbocycles. The Balaban J connectivity index is 1.70. The summed E-state index contributed by atoms with van der Waals surface area (Å²) in [5.41, 5.74) is 2.83. The number of thioether (sulfide) groups is 1. The molecular formula is C18H14FN5OS. The maximum atomic E-state index is 14.1. The predicted molar refractivity (Wildman–Crippen MR) is 98.8 cm³/mol. The van der Waals surface area contributed by atoms with Crippen LogP contribution in [-0.4, -0.2) is 32.2 Å². The normalized spacial score (nSPS) is 13.1. The molecule has 1 aliphatic heterocycles. The molecule has 0 radical (unpaired) electrons. The monoisotopic (exact) mass is 367 g/mol. The van der Waals surface area contributed by atoms with Gasteiger partial charge >= 0.3 is 0 Å². The van der Waals surface area contributed by atoms with Gasteiger partial charge in [-0.25, -0.2) is 4.39 Å². The quantitative estimate of drug-likeness (QED) is 0.770. The molecule has 0 unspecified atom stereocenters. The average Bonchev–Trinajstić information content (AvgIpc) is 3.05. The van der Waals surface area contributed by atoms with E-state index in [1.807, 2.05) is 24.3 Å². The second-order valence-electron chi connectivity index (χ2n) is 5.69. The highest BCUT2D eigenvalue weighted by Gasteiger charge is 2.22. The molecule has 130 valence electrons. The van der Waals surface area contributed by atoms with Gasteiger partial charge in [0, 0.05) is 18.4 Å². The number of aromatic nitrogens is 3. The second kappa shape index (κ2) is 6.72. The van der Waals surface area contributed by atoms with Crippen molar-refractivity contribution in [1.29, 1.82) is 0 Å². The second-order valence-corrected chi connectivity index (χ2v) is 6.63. The van der Waals surface area contributed by atoms with Crippen LogP contribution in [0.15, 0.2) is 58.8 Å². The first kappa shape index (κ1) is 16.5. The van der Waals surface area contributed by atoms with Gasteiger partial charge in [0.25, 0.3) is 0 Å². The molecule has 0 spiro atoms. The lowest BCUT2D eigenvalue weighted by atomic mass is 10.1. The summed E-state index contributed by atoms with van der Waals surface area (Å²) in [6.07, 6.45) is 0. The van der Waals surface area contributed by atoms with Gasteiger partial charge in [-0.1, -0.05) is 36.0 Å². The van der Waals surface area contributed by atoms with E-state index in [1.165, 1.54) is 24.8 Å². The van der Waals surface area contributed by atoms with E-state index in [-0.39, 0.29) is 11.7 Å². The molecule has 4 rings (SSSR count). The molecule has 6 nitrogen and oxygen atoms in total. The fourth-order valence-electron chi connectivity index (χ4n) is 2.63.